The van der Waals surface area contributed by atoms with E-state index in [4.69, 9.17) is 21.1 Å². The van der Waals surface area contributed by atoms with Crippen molar-refractivity contribution in [1.29, 1.82) is 0 Å². The second-order valence-corrected chi connectivity index (χ2v) is 9.69. The van der Waals surface area contributed by atoms with Gasteiger partial charge in [0.25, 0.3) is 5.91 Å². The van der Waals surface area contributed by atoms with Crippen molar-refractivity contribution in [2.75, 3.05) is 12.4 Å². The molecule has 41 heavy (non-hydrogen) atoms. The highest BCUT2D eigenvalue weighted by molar-refractivity contribution is 6.40. The Bertz CT molecular complexity index is 1470. The molecule has 1 saturated carbocycles. The number of methoxy groups -OCH3 is 1. The van der Waals surface area contributed by atoms with Crippen molar-refractivity contribution in [1.82, 2.24) is 10.7 Å². The third kappa shape index (κ3) is 7.92. The monoisotopic (exact) mass is 576 g/mol. The number of para-hydroxylation sites is 1. The molecule has 1 aliphatic rings. The second kappa shape index (κ2) is 14.1. The Kier molecular flexibility index (Phi) is 10.1. The van der Waals surface area contributed by atoms with E-state index in [0.29, 0.717) is 5.56 Å². The van der Waals surface area contributed by atoms with Gasteiger partial charge in [-0.1, -0.05) is 55.1 Å². The van der Waals surface area contributed by atoms with Crippen LogP contribution in [0.4, 0.5) is 5.69 Å². The van der Waals surface area contributed by atoms with Crippen molar-refractivity contribution >= 4 is 47.2 Å². The standard InChI is InChI=1S/C30H29ClN4O6/c1-40-26-17-19(15-16-25(26)41-30(39)21-11-5-7-13-23(21)31)18-32-35-29(38)28(37)34-24-14-8-6-12-22(24)27(36)33-20-9-3-2-4-10-20/h5-8,11-18,20H,2-4,9-10H2,1H3,(H,33,36)(H,34,37)(H,35,38)/b32-18-. The minimum atomic E-state index is -1.03. The first-order valence-electron chi connectivity index (χ1n) is 13.0. The average molecular weight is 577 g/mol. The lowest BCUT2D eigenvalue weighted by Gasteiger charge is -2.23. The fourth-order valence-electron chi connectivity index (χ4n) is 4.33. The van der Waals surface area contributed by atoms with E-state index >= 15 is 0 Å². The highest BCUT2D eigenvalue weighted by Gasteiger charge is 2.21. The fourth-order valence-corrected chi connectivity index (χ4v) is 4.54. The summed E-state index contributed by atoms with van der Waals surface area (Å²) >= 11 is 6.06. The summed E-state index contributed by atoms with van der Waals surface area (Å²) in [6.07, 6.45) is 6.43. The number of carbonyl (C=O) groups is 4. The molecular weight excluding hydrogens is 548 g/mol. The van der Waals surface area contributed by atoms with Gasteiger partial charge in [0.2, 0.25) is 0 Å². The molecule has 3 aromatic rings. The van der Waals surface area contributed by atoms with Gasteiger partial charge in [0, 0.05) is 6.04 Å². The Balaban J connectivity index is 1.34. The van der Waals surface area contributed by atoms with E-state index in [0.717, 1.165) is 32.1 Å². The van der Waals surface area contributed by atoms with Gasteiger partial charge < -0.3 is 20.1 Å². The van der Waals surface area contributed by atoms with Crippen LogP contribution in [0.3, 0.4) is 0 Å². The third-order valence-electron chi connectivity index (χ3n) is 6.43. The number of esters is 1. The maximum atomic E-state index is 12.8. The predicted octanol–water partition coefficient (Wildman–Crippen LogP) is 4.72. The molecule has 212 valence electrons. The van der Waals surface area contributed by atoms with E-state index in [9.17, 15) is 19.2 Å². The van der Waals surface area contributed by atoms with Crippen LogP contribution in [0.2, 0.25) is 5.02 Å². The van der Waals surface area contributed by atoms with Crippen LogP contribution in [0, 0.1) is 0 Å². The molecule has 0 atom stereocenters. The Morgan fingerprint density at radius 3 is 2.32 bits per heavy atom. The molecule has 0 unspecified atom stereocenters. The van der Waals surface area contributed by atoms with E-state index in [2.05, 4.69) is 21.2 Å². The topological polar surface area (TPSA) is 135 Å². The van der Waals surface area contributed by atoms with Crippen molar-refractivity contribution in [2.45, 2.75) is 38.1 Å². The molecule has 1 fully saturated rings. The quantitative estimate of drug-likeness (QED) is 0.117. The number of amides is 3. The maximum Gasteiger partial charge on any atom is 0.345 e. The first-order valence-corrected chi connectivity index (χ1v) is 13.4. The summed E-state index contributed by atoms with van der Waals surface area (Å²) in [5.74, 6) is -2.58. The Morgan fingerprint density at radius 2 is 1.59 bits per heavy atom. The minimum Gasteiger partial charge on any atom is -0.493 e. The van der Waals surface area contributed by atoms with E-state index in [-0.39, 0.29) is 45.3 Å². The van der Waals surface area contributed by atoms with Crippen molar-refractivity contribution < 1.29 is 28.7 Å². The number of hydrazone groups is 1. The van der Waals surface area contributed by atoms with Crippen LogP contribution in [-0.2, 0) is 9.59 Å². The van der Waals surface area contributed by atoms with E-state index in [1.54, 1.807) is 54.6 Å². The van der Waals surface area contributed by atoms with Crippen LogP contribution in [-0.4, -0.2) is 43.1 Å². The summed E-state index contributed by atoms with van der Waals surface area (Å²) in [7, 11) is 1.41. The Hall–Kier alpha value is -4.70. The lowest BCUT2D eigenvalue weighted by molar-refractivity contribution is -0.136. The molecule has 0 aliphatic heterocycles. The maximum absolute atomic E-state index is 12.8. The van der Waals surface area contributed by atoms with Gasteiger partial charge in [0.05, 0.1) is 35.2 Å². The van der Waals surface area contributed by atoms with Crippen molar-refractivity contribution in [2.24, 2.45) is 5.10 Å². The molecule has 10 nitrogen and oxygen atoms in total. The highest BCUT2D eigenvalue weighted by atomic mass is 35.5. The van der Waals surface area contributed by atoms with Crippen molar-refractivity contribution in [3.05, 3.63) is 88.4 Å². The van der Waals surface area contributed by atoms with Gasteiger partial charge in [-0.25, -0.2) is 10.2 Å². The zero-order valence-electron chi connectivity index (χ0n) is 22.3. The van der Waals surface area contributed by atoms with Gasteiger partial charge in [-0.2, -0.15) is 5.10 Å². The highest BCUT2D eigenvalue weighted by Crippen LogP contribution is 2.29. The molecule has 3 N–H and O–H groups in total. The molecule has 0 bridgehead atoms. The van der Waals surface area contributed by atoms with Crippen LogP contribution >= 0.6 is 11.6 Å². The number of rotatable bonds is 8. The van der Waals surface area contributed by atoms with E-state index in [1.807, 2.05) is 0 Å². The molecule has 4 rings (SSSR count). The molecule has 1 aliphatic carbocycles. The van der Waals surface area contributed by atoms with Gasteiger partial charge in [-0.3, -0.25) is 14.4 Å². The molecular formula is C30H29ClN4O6. The second-order valence-electron chi connectivity index (χ2n) is 9.29. The van der Waals surface area contributed by atoms with Crippen LogP contribution in [0.15, 0.2) is 71.8 Å². The number of halogens is 1. The Morgan fingerprint density at radius 1 is 0.878 bits per heavy atom. The summed E-state index contributed by atoms with van der Waals surface area (Å²) in [5.41, 5.74) is 3.34. The first-order chi connectivity index (χ1) is 19.9. The average Bonchev–Trinajstić information content (AvgIpc) is 2.98. The minimum absolute atomic E-state index is 0.0970. The summed E-state index contributed by atoms with van der Waals surface area (Å²) in [4.78, 5) is 50.2. The van der Waals surface area contributed by atoms with Gasteiger partial charge in [0.15, 0.2) is 11.5 Å². The number of nitrogens with zero attached hydrogens (tertiary/aromatic N) is 1. The normalized spacial score (nSPS) is 13.3. The van der Waals surface area contributed by atoms with Crippen LogP contribution < -0.4 is 25.5 Å². The number of carbonyl (C=O) groups excluding carboxylic acids is 4. The number of anilines is 1. The van der Waals surface area contributed by atoms with Gasteiger partial charge >= 0.3 is 17.8 Å². The van der Waals surface area contributed by atoms with Crippen LogP contribution in [0.5, 0.6) is 11.5 Å². The summed E-state index contributed by atoms with van der Waals surface area (Å²) in [5, 5.41) is 9.56. The number of hydrogen-bond donors (Lipinski definition) is 3. The van der Waals surface area contributed by atoms with Crippen LogP contribution in [0.25, 0.3) is 0 Å². The molecule has 0 spiro atoms. The number of ether oxygens (including phenoxy) is 2. The first kappa shape index (κ1) is 29.3. The fraction of sp³-hybridized carbons (Fsp3) is 0.233. The lowest BCUT2D eigenvalue weighted by Crippen LogP contribution is -2.37. The third-order valence-corrected chi connectivity index (χ3v) is 6.76. The summed E-state index contributed by atoms with van der Waals surface area (Å²) in [6.45, 7) is 0. The van der Waals surface area contributed by atoms with Gasteiger partial charge in [-0.15, -0.1) is 0 Å². The Labute approximate surface area is 242 Å². The summed E-state index contributed by atoms with van der Waals surface area (Å²) < 4.78 is 10.7. The molecule has 3 amide bonds. The zero-order valence-corrected chi connectivity index (χ0v) is 23.1. The van der Waals surface area contributed by atoms with Gasteiger partial charge in [0.1, 0.15) is 0 Å². The molecule has 0 aromatic heterocycles. The van der Waals surface area contributed by atoms with Crippen molar-refractivity contribution in [3.8, 4) is 11.5 Å². The number of benzene rings is 3. The molecule has 0 saturated heterocycles. The van der Waals surface area contributed by atoms with E-state index in [1.165, 1.54) is 25.5 Å². The number of nitrogens with one attached hydrogen (secondary N) is 3. The predicted molar refractivity (Wildman–Crippen MR) is 155 cm³/mol. The van der Waals surface area contributed by atoms with Crippen molar-refractivity contribution in [3.63, 3.8) is 0 Å². The number of hydrogen-bond acceptors (Lipinski definition) is 7. The molecule has 0 heterocycles. The molecule has 3 aromatic carbocycles. The smallest absolute Gasteiger partial charge is 0.345 e. The largest absolute Gasteiger partial charge is 0.493 e. The van der Waals surface area contributed by atoms with E-state index < -0.39 is 17.8 Å². The van der Waals surface area contributed by atoms with Gasteiger partial charge in [-0.05, 0) is 60.9 Å². The molecule has 0 radical (unpaired) electrons. The molecule has 11 heteroatoms. The lowest BCUT2D eigenvalue weighted by atomic mass is 9.95. The SMILES string of the molecule is COc1cc(/C=N\NC(=O)C(=O)Nc2ccccc2C(=O)NC2CCCCC2)ccc1OC(=O)c1ccccc1Cl. The zero-order chi connectivity index (χ0) is 29.2. The van der Waals surface area contributed by atoms with Crippen LogP contribution in [0.1, 0.15) is 58.4 Å². The summed E-state index contributed by atoms with van der Waals surface area (Å²) in [6, 6.07) is 17.7.